The molecule has 0 saturated heterocycles. The molecule has 0 aliphatic heterocycles. The van der Waals surface area contributed by atoms with Crippen molar-refractivity contribution in [1.82, 2.24) is 14.8 Å². The highest BCUT2D eigenvalue weighted by Gasteiger charge is 2.13. The number of rotatable bonds is 4. The molecule has 2 heterocycles. The molecule has 0 aliphatic carbocycles. The van der Waals surface area contributed by atoms with Crippen molar-refractivity contribution in [3.05, 3.63) is 69.1 Å². The van der Waals surface area contributed by atoms with Crippen LogP contribution in [0.5, 0.6) is 0 Å². The standard InChI is InChI=1S/C17H15ClN6OS/c1-10-3-2-8-24-15(10)22-14(21-12-6-4-11(18)5-7-12)13(16(24)25)9-20-23-17(19)26/h2-9,21H,1H3,(H3,19,23,26)/b20-9+. The molecule has 0 atom stereocenters. The van der Waals surface area contributed by atoms with Gasteiger partial charge in [-0.1, -0.05) is 17.7 Å². The Balaban J connectivity index is 2.15. The molecular formula is C17H15ClN6OS. The number of hydrazone groups is 1. The lowest BCUT2D eigenvalue weighted by atomic mass is 10.2. The number of nitrogens with one attached hydrogen (secondary N) is 2. The minimum Gasteiger partial charge on any atom is -0.375 e. The summed E-state index contributed by atoms with van der Waals surface area (Å²) in [6.45, 7) is 1.88. The van der Waals surface area contributed by atoms with Crippen molar-refractivity contribution < 1.29 is 0 Å². The molecule has 2 aromatic heterocycles. The third-order valence-corrected chi connectivity index (χ3v) is 3.90. The summed E-state index contributed by atoms with van der Waals surface area (Å²) >= 11 is 10.6. The quantitative estimate of drug-likeness (QED) is 0.362. The maximum atomic E-state index is 12.9. The van der Waals surface area contributed by atoms with Crippen LogP contribution < -0.4 is 22.0 Å². The summed E-state index contributed by atoms with van der Waals surface area (Å²) in [7, 11) is 0. The van der Waals surface area contributed by atoms with Gasteiger partial charge in [-0.25, -0.2) is 4.98 Å². The van der Waals surface area contributed by atoms with E-state index in [0.717, 1.165) is 11.3 Å². The van der Waals surface area contributed by atoms with Gasteiger partial charge in [0.2, 0.25) is 0 Å². The lowest BCUT2D eigenvalue weighted by Gasteiger charge is -2.11. The topological polar surface area (TPSA) is 96.8 Å². The van der Waals surface area contributed by atoms with Gasteiger partial charge >= 0.3 is 0 Å². The Labute approximate surface area is 159 Å². The van der Waals surface area contributed by atoms with Crippen molar-refractivity contribution in [3.8, 4) is 0 Å². The molecule has 0 amide bonds. The van der Waals surface area contributed by atoms with Crippen LogP contribution in [-0.2, 0) is 0 Å². The van der Waals surface area contributed by atoms with Gasteiger partial charge in [0.25, 0.3) is 5.56 Å². The predicted molar refractivity (Wildman–Crippen MR) is 108 cm³/mol. The third kappa shape index (κ3) is 3.81. The summed E-state index contributed by atoms with van der Waals surface area (Å²) < 4.78 is 1.46. The minimum absolute atomic E-state index is 0.00171. The van der Waals surface area contributed by atoms with Crippen LogP contribution in [-0.4, -0.2) is 20.7 Å². The highest BCUT2D eigenvalue weighted by molar-refractivity contribution is 7.80. The first kappa shape index (κ1) is 17.8. The summed E-state index contributed by atoms with van der Waals surface area (Å²) in [6.07, 6.45) is 2.99. The largest absolute Gasteiger partial charge is 0.375 e. The molecule has 0 spiro atoms. The second-order valence-corrected chi connectivity index (χ2v) is 6.31. The Bertz CT molecular complexity index is 1060. The second-order valence-electron chi connectivity index (χ2n) is 5.43. The summed E-state index contributed by atoms with van der Waals surface area (Å²) in [5, 5.41) is 7.63. The molecule has 4 N–H and O–H groups in total. The molecule has 0 bridgehead atoms. The Kier molecular flexibility index (Phi) is 5.15. The highest BCUT2D eigenvalue weighted by Crippen LogP contribution is 2.20. The van der Waals surface area contributed by atoms with Crippen LogP contribution in [0.4, 0.5) is 11.5 Å². The number of thiocarbonyl (C=S) groups is 1. The highest BCUT2D eigenvalue weighted by atomic mass is 35.5. The Morgan fingerprint density at radius 1 is 1.35 bits per heavy atom. The fraction of sp³-hybridized carbons (Fsp3) is 0.0588. The van der Waals surface area contributed by atoms with Crippen molar-refractivity contribution in [2.24, 2.45) is 10.8 Å². The number of hydrogen-bond acceptors (Lipinski definition) is 5. The number of aryl methyl sites for hydroxylation is 1. The number of pyridine rings is 1. The Morgan fingerprint density at radius 3 is 2.77 bits per heavy atom. The van der Waals surface area contributed by atoms with E-state index in [1.165, 1.54) is 10.6 Å². The van der Waals surface area contributed by atoms with Crippen LogP contribution in [0.15, 0.2) is 52.5 Å². The molecule has 132 valence electrons. The molecule has 26 heavy (non-hydrogen) atoms. The average molecular weight is 387 g/mol. The Hall–Kier alpha value is -2.97. The second kappa shape index (κ2) is 7.51. The molecule has 3 aromatic rings. The molecule has 0 aliphatic rings. The molecule has 0 saturated carbocycles. The van der Waals surface area contributed by atoms with E-state index < -0.39 is 0 Å². The number of anilines is 2. The zero-order chi connectivity index (χ0) is 18.7. The van der Waals surface area contributed by atoms with E-state index in [-0.39, 0.29) is 16.2 Å². The van der Waals surface area contributed by atoms with Crippen molar-refractivity contribution in [2.75, 3.05) is 5.32 Å². The van der Waals surface area contributed by atoms with Gasteiger partial charge in [-0.05, 0) is 55.0 Å². The summed E-state index contributed by atoms with van der Waals surface area (Å²) in [5.41, 5.74) is 9.93. The van der Waals surface area contributed by atoms with Gasteiger partial charge in [-0.3, -0.25) is 14.6 Å². The van der Waals surface area contributed by atoms with Crippen molar-refractivity contribution in [2.45, 2.75) is 6.92 Å². The van der Waals surface area contributed by atoms with E-state index in [1.807, 2.05) is 13.0 Å². The Morgan fingerprint density at radius 2 is 2.08 bits per heavy atom. The normalized spacial score (nSPS) is 11.0. The number of benzene rings is 1. The van der Waals surface area contributed by atoms with Crippen molar-refractivity contribution in [3.63, 3.8) is 0 Å². The third-order valence-electron chi connectivity index (χ3n) is 3.56. The molecule has 9 heteroatoms. The van der Waals surface area contributed by atoms with E-state index in [1.54, 1.807) is 36.5 Å². The van der Waals surface area contributed by atoms with Gasteiger partial charge in [-0.2, -0.15) is 5.10 Å². The monoisotopic (exact) mass is 386 g/mol. The average Bonchev–Trinajstić information content (AvgIpc) is 2.60. The molecule has 1 aromatic carbocycles. The van der Waals surface area contributed by atoms with Crippen LogP contribution in [0.2, 0.25) is 5.02 Å². The lowest BCUT2D eigenvalue weighted by molar-refractivity contribution is 1.01. The molecule has 0 radical (unpaired) electrons. The number of fused-ring (bicyclic) bond motifs is 1. The molecular weight excluding hydrogens is 372 g/mol. The zero-order valence-electron chi connectivity index (χ0n) is 13.7. The van der Waals surface area contributed by atoms with Crippen molar-refractivity contribution >= 4 is 52.3 Å². The fourth-order valence-electron chi connectivity index (χ4n) is 2.35. The zero-order valence-corrected chi connectivity index (χ0v) is 15.3. The van der Waals surface area contributed by atoms with Crippen LogP contribution in [0.25, 0.3) is 5.65 Å². The first-order valence-electron chi connectivity index (χ1n) is 7.59. The summed E-state index contributed by atoms with van der Waals surface area (Å²) in [4.78, 5) is 17.5. The number of aromatic nitrogens is 2. The fourth-order valence-corrected chi connectivity index (χ4v) is 2.53. The van der Waals surface area contributed by atoms with Crippen LogP contribution in [0.1, 0.15) is 11.1 Å². The predicted octanol–water partition coefficient (Wildman–Crippen LogP) is 2.57. The molecule has 0 fully saturated rings. The number of hydrogen-bond donors (Lipinski definition) is 3. The minimum atomic E-state index is -0.274. The van der Waals surface area contributed by atoms with Crippen molar-refractivity contribution in [1.29, 1.82) is 0 Å². The smallest absolute Gasteiger partial charge is 0.268 e. The number of nitrogens with two attached hydrogens (primary N) is 1. The first-order chi connectivity index (χ1) is 12.5. The number of halogens is 1. The first-order valence-corrected chi connectivity index (χ1v) is 8.37. The molecule has 7 nitrogen and oxygen atoms in total. The maximum Gasteiger partial charge on any atom is 0.268 e. The van der Waals surface area contributed by atoms with Gasteiger partial charge in [-0.15, -0.1) is 0 Å². The van der Waals surface area contributed by atoms with E-state index in [0.29, 0.717) is 16.5 Å². The summed E-state index contributed by atoms with van der Waals surface area (Å²) in [6, 6.07) is 10.7. The van der Waals surface area contributed by atoms with Gasteiger partial charge in [0.05, 0.1) is 6.21 Å². The SMILES string of the molecule is Cc1cccn2c(=O)c(/C=N/NC(N)=S)c(Nc3ccc(Cl)cc3)nc12. The molecule has 0 unspecified atom stereocenters. The lowest BCUT2D eigenvalue weighted by Crippen LogP contribution is -2.26. The molecule has 3 rings (SSSR count). The van der Waals surface area contributed by atoms with Gasteiger partial charge in [0, 0.05) is 16.9 Å². The van der Waals surface area contributed by atoms with Crippen LogP contribution >= 0.6 is 23.8 Å². The van der Waals surface area contributed by atoms with Gasteiger partial charge < -0.3 is 11.1 Å². The van der Waals surface area contributed by atoms with Crippen LogP contribution in [0.3, 0.4) is 0 Å². The number of nitrogens with zero attached hydrogens (tertiary/aromatic N) is 3. The van der Waals surface area contributed by atoms with E-state index in [4.69, 9.17) is 29.6 Å². The van der Waals surface area contributed by atoms with Gasteiger partial charge in [0.1, 0.15) is 17.0 Å². The van der Waals surface area contributed by atoms with E-state index in [2.05, 4.69) is 20.8 Å². The van der Waals surface area contributed by atoms with E-state index in [9.17, 15) is 4.79 Å². The van der Waals surface area contributed by atoms with Crippen LogP contribution in [0, 0.1) is 6.92 Å². The summed E-state index contributed by atoms with van der Waals surface area (Å²) in [5.74, 6) is 0.361. The van der Waals surface area contributed by atoms with Gasteiger partial charge in [0.15, 0.2) is 5.11 Å². The van der Waals surface area contributed by atoms with E-state index >= 15 is 0 Å². The maximum absolute atomic E-state index is 12.9.